The fourth-order valence-corrected chi connectivity index (χ4v) is 1.80. The third-order valence-corrected chi connectivity index (χ3v) is 2.96. The number of benzene rings is 1. The molecular formula is C12H10N2O2S. The van der Waals surface area contributed by atoms with Gasteiger partial charge < -0.3 is 5.32 Å². The zero-order valence-corrected chi connectivity index (χ0v) is 9.95. The van der Waals surface area contributed by atoms with Gasteiger partial charge in [0.05, 0.1) is 0 Å². The van der Waals surface area contributed by atoms with Crippen LogP contribution in [-0.2, 0) is 0 Å². The predicted molar refractivity (Wildman–Crippen MR) is 66.5 cm³/mol. The molecule has 0 aliphatic carbocycles. The molecule has 17 heavy (non-hydrogen) atoms. The molecule has 0 atom stereocenters. The zero-order chi connectivity index (χ0) is 12.3. The Morgan fingerprint density at radius 2 is 1.88 bits per heavy atom. The Morgan fingerprint density at radius 1 is 1.18 bits per heavy atom. The minimum Gasteiger partial charge on any atom is -0.321 e. The van der Waals surface area contributed by atoms with Crippen LogP contribution in [0.25, 0.3) is 0 Å². The molecule has 2 aromatic rings. The van der Waals surface area contributed by atoms with Crippen molar-refractivity contribution >= 4 is 28.9 Å². The second-order valence-corrected chi connectivity index (χ2v) is 4.30. The van der Waals surface area contributed by atoms with E-state index in [0.29, 0.717) is 16.1 Å². The van der Waals surface area contributed by atoms with Crippen LogP contribution in [0.4, 0.5) is 5.69 Å². The number of hydrogen-bond acceptors (Lipinski definition) is 4. The fraction of sp³-hybridized carbons (Fsp3) is 0.0833. The number of hydrogen-bond donors (Lipinski definition) is 1. The molecule has 1 amide bonds. The molecule has 0 spiro atoms. The van der Waals surface area contributed by atoms with Crippen LogP contribution >= 0.6 is 11.5 Å². The minimum absolute atomic E-state index is 0.00494. The van der Waals surface area contributed by atoms with Gasteiger partial charge in [-0.2, -0.15) is 0 Å². The van der Waals surface area contributed by atoms with Crippen LogP contribution in [-0.4, -0.2) is 16.1 Å². The van der Waals surface area contributed by atoms with Gasteiger partial charge in [0, 0.05) is 17.4 Å². The summed E-state index contributed by atoms with van der Waals surface area (Å²) >= 11 is 1.14. The van der Waals surface area contributed by atoms with Gasteiger partial charge >= 0.3 is 0 Å². The van der Waals surface area contributed by atoms with Crippen molar-refractivity contribution in [2.75, 3.05) is 5.32 Å². The predicted octanol–water partition coefficient (Wildman–Crippen LogP) is 2.60. The number of carbonyl (C=O) groups excluding carboxylic acids is 2. The molecule has 86 valence electrons. The smallest absolute Gasteiger partial charge is 0.267 e. The number of nitrogens with one attached hydrogen (secondary N) is 1. The highest BCUT2D eigenvalue weighted by Crippen LogP contribution is 2.13. The lowest BCUT2D eigenvalue weighted by atomic mass is 10.1. The van der Waals surface area contributed by atoms with Crippen molar-refractivity contribution in [3.8, 4) is 0 Å². The van der Waals surface area contributed by atoms with Crippen molar-refractivity contribution in [3.63, 3.8) is 0 Å². The van der Waals surface area contributed by atoms with Crippen molar-refractivity contribution in [2.24, 2.45) is 0 Å². The van der Waals surface area contributed by atoms with E-state index in [-0.39, 0.29) is 11.7 Å². The largest absolute Gasteiger partial charge is 0.321 e. The van der Waals surface area contributed by atoms with Gasteiger partial charge in [0.25, 0.3) is 5.91 Å². The Balaban J connectivity index is 2.09. The Morgan fingerprint density at radius 3 is 2.41 bits per heavy atom. The van der Waals surface area contributed by atoms with E-state index < -0.39 is 0 Å². The van der Waals surface area contributed by atoms with E-state index in [4.69, 9.17) is 0 Å². The summed E-state index contributed by atoms with van der Waals surface area (Å²) in [6.45, 7) is 1.50. The highest BCUT2D eigenvalue weighted by molar-refractivity contribution is 7.08. The zero-order valence-electron chi connectivity index (χ0n) is 9.14. The van der Waals surface area contributed by atoms with Crippen LogP contribution in [0.2, 0.25) is 0 Å². The molecule has 1 aromatic carbocycles. The highest BCUT2D eigenvalue weighted by atomic mass is 32.1. The van der Waals surface area contributed by atoms with Gasteiger partial charge in [-0.25, -0.2) is 4.37 Å². The molecule has 0 fully saturated rings. The Hall–Kier alpha value is -2.01. The van der Waals surface area contributed by atoms with Crippen molar-refractivity contribution < 1.29 is 9.59 Å². The molecular weight excluding hydrogens is 236 g/mol. The number of carbonyl (C=O) groups is 2. The van der Waals surface area contributed by atoms with Gasteiger partial charge in [-0.1, -0.05) is 0 Å². The van der Waals surface area contributed by atoms with Crippen LogP contribution in [0.3, 0.4) is 0 Å². The van der Waals surface area contributed by atoms with Crippen molar-refractivity contribution in [3.05, 3.63) is 47.0 Å². The monoisotopic (exact) mass is 246 g/mol. The number of nitrogens with zero attached hydrogens (tertiary/aromatic N) is 1. The Kier molecular flexibility index (Phi) is 3.30. The van der Waals surface area contributed by atoms with Crippen LogP contribution in [0.1, 0.15) is 27.0 Å². The van der Waals surface area contributed by atoms with E-state index in [9.17, 15) is 9.59 Å². The summed E-state index contributed by atoms with van der Waals surface area (Å²) in [5, 5.41) is 2.73. The maximum absolute atomic E-state index is 11.7. The summed E-state index contributed by atoms with van der Waals surface area (Å²) in [7, 11) is 0. The molecule has 0 aliphatic heterocycles. The van der Waals surface area contributed by atoms with E-state index in [1.54, 1.807) is 36.5 Å². The average molecular weight is 246 g/mol. The lowest BCUT2D eigenvalue weighted by Crippen LogP contribution is -2.10. The van der Waals surface area contributed by atoms with Crippen molar-refractivity contribution in [1.82, 2.24) is 4.37 Å². The summed E-state index contributed by atoms with van der Waals surface area (Å²) < 4.78 is 3.86. The van der Waals surface area contributed by atoms with E-state index in [1.807, 2.05) is 0 Å². The van der Waals surface area contributed by atoms with Gasteiger partial charge in [-0.05, 0) is 48.8 Å². The number of amides is 1. The first-order valence-corrected chi connectivity index (χ1v) is 5.77. The Bertz CT molecular complexity index is 532. The molecule has 4 nitrogen and oxygen atoms in total. The summed E-state index contributed by atoms with van der Waals surface area (Å²) in [5.41, 5.74) is 1.29. The highest BCUT2D eigenvalue weighted by Gasteiger charge is 2.07. The third-order valence-electron chi connectivity index (χ3n) is 2.21. The molecule has 0 radical (unpaired) electrons. The van der Waals surface area contributed by atoms with Crippen LogP contribution < -0.4 is 5.32 Å². The van der Waals surface area contributed by atoms with Crippen LogP contribution in [0.15, 0.2) is 36.5 Å². The molecule has 5 heteroatoms. The van der Waals surface area contributed by atoms with Gasteiger partial charge in [0.2, 0.25) is 0 Å². The molecule has 0 saturated heterocycles. The van der Waals surface area contributed by atoms with Crippen molar-refractivity contribution in [1.29, 1.82) is 0 Å². The number of ketones is 1. The van der Waals surface area contributed by atoms with Gasteiger partial charge in [-0.3, -0.25) is 9.59 Å². The lowest BCUT2D eigenvalue weighted by molar-refractivity contribution is 0.101. The maximum atomic E-state index is 11.7. The first-order chi connectivity index (χ1) is 8.16. The number of aromatic nitrogens is 1. The van der Waals surface area contributed by atoms with Gasteiger partial charge in [0.1, 0.15) is 4.88 Å². The standard InChI is InChI=1S/C12H10N2O2S/c1-8(15)9-2-4-10(5-3-9)14-12(16)11-6-7-13-17-11/h2-7H,1H3,(H,14,16). The second-order valence-electron chi connectivity index (χ2n) is 3.46. The summed E-state index contributed by atoms with van der Waals surface area (Å²) in [4.78, 5) is 23.3. The van der Waals surface area contributed by atoms with Gasteiger partial charge in [-0.15, -0.1) is 0 Å². The van der Waals surface area contributed by atoms with Crippen molar-refractivity contribution in [2.45, 2.75) is 6.92 Å². The maximum Gasteiger partial charge on any atom is 0.267 e. The van der Waals surface area contributed by atoms with Gasteiger partial charge in [0.15, 0.2) is 5.78 Å². The molecule has 0 bridgehead atoms. The number of anilines is 1. The third kappa shape index (κ3) is 2.76. The molecule has 0 saturated carbocycles. The molecule has 1 heterocycles. The summed E-state index contributed by atoms with van der Waals surface area (Å²) in [6, 6.07) is 8.44. The van der Waals surface area contributed by atoms with E-state index in [2.05, 4.69) is 9.69 Å². The topological polar surface area (TPSA) is 59.1 Å². The SMILES string of the molecule is CC(=O)c1ccc(NC(=O)c2ccns2)cc1. The first-order valence-electron chi connectivity index (χ1n) is 5.00. The minimum atomic E-state index is -0.192. The molecule has 1 N–H and O–H groups in total. The normalized spacial score (nSPS) is 9.94. The van der Waals surface area contributed by atoms with E-state index >= 15 is 0 Å². The average Bonchev–Trinajstić information content (AvgIpc) is 2.83. The second kappa shape index (κ2) is 4.88. The van der Waals surface area contributed by atoms with Crippen LogP contribution in [0.5, 0.6) is 0 Å². The summed E-state index contributed by atoms with van der Waals surface area (Å²) in [6.07, 6.45) is 1.58. The molecule has 0 aliphatic rings. The number of rotatable bonds is 3. The van der Waals surface area contributed by atoms with E-state index in [0.717, 1.165) is 11.5 Å². The summed E-state index contributed by atoms with van der Waals surface area (Å²) in [5.74, 6) is -0.187. The number of Topliss-reactive ketones (excluding diaryl/α,β-unsaturated/α-hetero) is 1. The first kappa shape index (κ1) is 11.5. The molecule has 1 aromatic heterocycles. The fourth-order valence-electron chi connectivity index (χ4n) is 1.31. The Labute approximate surface area is 102 Å². The quantitative estimate of drug-likeness (QED) is 0.847. The molecule has 0 unspecified atom stereocenters. The van der Waals surface area contributed by atoms with Crippen LogP contribution in [0, 0.1) is 0 Å². The lowest BCUT2D eigenvalue weighted by Gasteiger charge is -2.03. The van der Waals surface area contributed by atoms with E-state index in [1.165, 1.54) is 6.92 Å². The molecule has 2 rings (SSSR count).